The van der Waals surface area contributed by atoms with E-state index in [1.165, 1.54) is 24.3 Å². The molecular formula is C27H40NO7P. The molecule has 0 bridgehead atoms. The predicted octanol–water partition coefficient (Wildman–Crippen LogP) is 5.69. The first-order valence-electron chi connectivity index (χ1n) is 12.5. The Kier molecular flexibility index (Phi) is 16.4. The van der Waals surface area contributed by atoms with Crippen LogP contribution in [0.2, 0.25) is 0 Å². The van der Waals surface area contributed by atoms with Gasteiger partial charge in [-0.25, -0.2) is 9.36 Å². The first-order valence-corrected chi connectivity index (χ1v) is 14.0. The molecule has 1 aromatic carbocycles. The van der Waals surface area contributed by atoms with E-state index in [0.717, 1.165) is 51.4 Å². The van der Waals surface area contributed by atoms with Crippen LogP contribution in [0.5, 0.6) is 5.75 Å². The fourth-order valence-corrected chi connectivity index (χ4v) is 3.68. The minimum absolute atomic E-state index is 0.00570. The van der Waals surface area contributed by atoms with E-state index in [9.17, 15) is 14.2 Å². The predicted molar refractivity (Wildman–Crippen MR) is 141 cm³/mol. The van der Waals surface area contributed by atoms with Crippen molar-refractivity contribution in [2.24, 2.45) is 5.73 Å². The number of hydrogen-bond donors (Lipinski definition) is 3. The van der Waals surface area contributed by atoms with Gasteiger partial charge in [-0.1, -0.05) is 74.8 Å². The Morgan fingerprint density at radius 3 is 2.14 bits per heavy atom. The maximum absolute atomic E-state index is 12.1. The average Bonchev–Trinajstić information content (AvgIpc) is 2.81. The van der Waals surface area contributed by atoms with E-state index in [-0.39, 0.29) is 18.6 Å². The van der Waals surface area contributed by atoms with E-state index in [1.807, 2.05) is 0 Å². The zero-order chi connectivity index (χ0) is 26.7. The third kappa shape index (κ3) is 17.0. The third-order valence-electron chi connectivity index (χ3n) is 5.15. The van der Waals surface area contributed by atoms with Gasteiger partial charge in [-0.15, -0.1) is 0 Å². The summed E-state index contributed by atoms with van der Waals surface area (Å²) in [7, 11) is -4.63. The highest BCUT2D eigenvalue weighted by Gasteiger charge is 2.20. The normalized spacial score (nSPS) is 13.0. The molecule has 0 saturated carbocycles. The van der Waals surface area contributed by atoms with E-state index < -0.39 is 25.8 Å². The van der Waals surface area contributed by atoms with Crippen molar-refractivity contribution in [1.82, 2.24) is 0 Å². The summed E-state index contributed by atoms with van der Waals surface area (Å²) in [5.41, 5.74) is 6.46. The summed E-state index contributed by atoms with van der Waals surface area (Å²) in [5, 5.41) is 0. The number of ether oxygens (including phenoxy) is 1. The Balaban J connectivity index is 2.11. The van der Waals surface area contributed by atoms with E-state index >= 15 is 0 Å². The molecule has 0 aliphatic carbocycles. The molecule has 200 valence electrons. The van der Waals surface area contributed by atoms with E-state index in [1.54, 1.807) is 0 Å². The van der Waals surface area contributed by atoms with E-state index in [4.69, 9.17) is 20.3 Å². The maximum atomic E-state index is 12.1. The Morgan fingerprint density at radius 1 is 0.917 bits per heavy atom. The second-order valence-electron chi connectivity index (χ2n) is 8.43. The van der Waals surface area contributed by atoms with Gasteiger partial charge in [0.1, 0.15) is 11.8 Å². The molecule has 0 fully saturated rings. The van der Waals surface area contributed by atoms with Gasteiger partial charge < -0.3 is 15.0 Å². The standard InChI is InChI=1S/C27H40NO7P/c1-2-3-4-5-6-7-8-9-10-11-12-13-14-15-16-17-26(29)34-27(30)25(28)22-23-18-20-24(21-19-23)35-36(31,32)33/h3-4,6-7,9-10,18-21,25H,2,5,8,11-17,22,28H2,1H3,(H2,31,32,33)/b4-3-,7-6-,10-9-/t25-/m0/s1. The van der Waals surface area contributed by atoms with Crippen molar-refractivity contribution in [3.63, 3.8) is 0 Å². The van der Waals surface area contributed by atoms with Crippen molar-refractivity contribution < 1.29 is 33.2 Å². The van der Waals surface area contributed by atoms with Crippen molar-refractivity contribution >= 4 is 19.8 Å². The number of esters is 2. The van der Waals surface area contributed by atoms with Gasteiger partial charge in [-0.05, 0) is 62.6 Å². The second kappa shape index (κ2) is 18.7. The van der Waals surface area contributed by atoms with Crippen molar-refractivity contribution in [2.45, 2.75) is 83.6 Å². The Morgan fingerprint density at radius 2 is 1.50 bits per heavy atom. The largest absolute Gasteiger partial charge is 0.524 e. The van der Waals surface area contributed by atoms with Crippen molar-refractivity contribution in [2.75, 3.05) is 0 Å². The number of allylic oxidation sites excluding steroid dienone is 6. The number of carbonyl (C=O) groups excluding carboxylic acids is 2. The van der Waals surface area contributed by atoms with Gasteiger partial charge in [0, 0.05) is 6.42 Å². The molecule has 0 heterocycles. The fraction of sp³-hybridized carbons (Fsp3) is 0.481. The molecule has 1 atom stereocenters. The van der Waals surface area contributed by atoms with Gasteiger partial charge in [0.25, 0.3) is 0 Å². The zero-order valence-corrected chi connectivity index (χ0v) is 22.0. The lowest BCUT2D eigenvalue weighted by Gasteiger charge is -2.11. The van der Waals surface area contributed by atoms with Crippen LogP contribution >= 0.6 is 7.82 Å². The summed E-state index contributed by atoms with van der Waals surface area (Å²) in [4.78, 5) is 41.6. The van der Waals surface area contributed by atoms with Crippen LogP contribution < -0.4 is 10.3 Å². The minimum Gasteiger partial charge on any atom is -0.404 e. The highest BCUT2D eigenvalue weighted by Crippen LogP contribution is 2.37. The molecule has 0 radical (unpaired) electrons. The van der Waals surface area contributed by atoms with Crippen LogP contribution in [0.1, 0.15) is 76.7 Å². The molecular weight excluding hydrogens is 481 g/mol. The lowest BCUT2D eigenvalue weighted by atomic mass is 10.1. The van der Waals surface area contributed by atoms with Crippen molar-refractivity contribution in [3.8, 4) is 5.75 Å². The number of phosphoric acid groups is 1. The van der Waals surface area contributed by atoms with Gasteiger partial charge in [-0.3, -0.25) is 14.6 Å². The summed E-state index contributed by atoms with van der Waals surface area (Å²) in [6.45, 7) is 2.13. The first kappa shape index (κ1) is 31.5. The van der Waals surface area contributed by atoms with Gasteiger partial charge in [0.2, 0.25) is 0 Å². The van der Waals surface area contributed by atoms with Crippen LogP contribution in [0.3, 0.4) is 0 Å². The molecule has 0 spiro atoms. The Hall–Kier alpha value is -2.51. The summed E-state index contributed by atoms with van der Waals surface area (Å²) in [5.74, 6) is -1.38. The smallest absolute Gasteiger partial charge is 0.404 e. The highest BCUT2D eigenvalue weighted by atomic mass is 31.2. The molecule has 1 aromatic rings. The van der Waals surface area contributed by atoms with Crippen LogP contribution in [0.15, 0.2) is 60.7 Å². The molecule has 1 rings (SSSR count). The summed E-state index contributed by atoms with van der Waals surface area (Å²) < 4.78 is 20.1. The molecule has 0 amide bonds. The second-order valence-corrected chi connectivity index (χ2v) is 9.59. The third-order valence-corrected chi connectivity index (χ3v) is 5.60. The summed E-state index contributed by atoms with van der Waals surface area (Å²) in [6.07, 6.45) is 22.3. The molecule has 8 nitrogen and oxygen atoms in total. The number of phosphoric ester groups is 1. The molecule has 0 aromatic heterocycles. The topological polar surface area (TPSA) is 136 Å². The fourth-order valence-electron chi connectivity index (χ4n) is 3.29. The Labute approximate surface area is 214 Å². The molecule has 0 aliphatic heterocycles. The Bertz CT molecular complexity index is 903. The number of nitrogens with two attached hydrogens (primary N) is 1. The highest BCUT2D eigenvalue weighted by molar-refractivity contribution is 7.46. The number of carbonyl (C=O) groups is 2. The summed E-state index contributed by atoms with van der Waals surface area (Å²) in [6, 6.07) is 4.75. The van der Waals surface area contributed by atoms with Gasteiger partial charge in [-0.2, -0.15) is 0 Å². The molecule has 0 saturated heterocycles. The molecule has 4 N–H and O–H groups in total. The van der Waals surface area contributed by atoms with Crippen LogP contribution in [-0.2, 0) is 25.3 Å². The van der Waals surface area contributed by atoms with Crippen LogP contribution in [0.25, 0.3) is 0 Å². The van der Waals surface area contributed by atoms with E-state index in [0.29, 0.717) is 12.0 Å². The van der Waals surface area contributed by atoms with Crippen LogP contribution in [-0.4, -0.2) is 27.8 Å². The zero-order valence-electron chi connectivity index (χ0n) is 21.1. The number of hydrogen-bond acceptors (Lipinski definition) is 6. The van der Waals surface area contributed by atoms with Crippen molar-refractivity contribution in [3.05, 3.63) is 66.3 Å². The lowest BCUT2D eigenvalue weighted by molar-refractivity contribution is -0.160. The van der Waals surface area contributed by atoms with Gasteiger partial charge in [0.15, 0.2) is 0 Å². The molecule has 36 heavy (non-hydrogen) atoms. The first-order chi connectivity index (χ1) is 17.2. The summed E-state index contributed by atoms with van der Waals surface area (Å²) >= 11 is 0. The lowest BCUT2D eigenvalue weighted by Crippen LogP contribution is -2.35. The average molecular weight is 522 g/mol. The maximum Gasteiger partial charge on any atom is 0.524 e. The molecule has 0 aliphatic rings. The number of unbranched alkanes of at least 4 members (excludes halogenated alkanes) is 5. The van der Waals surface area contributed by atoms with E-state index in [2.05, 4.69) is 47.9 Å². The molecule has 9 heteroatoms. The SMILES string of the molecule is CC/C=C\C/C=C\C/C=C\CCCCCCCC(=O)OC(=O)[C@@H](N)Cc1ccc(OP(=O)(O)O)cc1. The number of rotatable bonds is 18. The van der Waals surface area contributed by atoms with Crippen molar-refractivity contribution in [1.29, 1.82) is 0 Å². The van der Waals surface area contributed by atoms with Crippen LogP contribution in [0.4, 0.5) is 0 Å². The number of benzene rings is 1. The van der Waals surface area contributed by atoms with Gasteiger partial charge >= 0.3 is 19.8 Å². The van der Waals surface area contributed by atoms with Crippen LogP contribution in [0, 0.1) is 0 Å². The minimum atomic E-state index is -4.63. The van der Waals surface area contributed by atoms with Gasteiger partial charge in [0.05, 0.1) is 0 Å². The quantitative estimate of drug-likeness (QED) is 0.0737. The monoisotopic (exact) mass is 521 g/mol. The molecule has 0 unspecified atom stereocenters.